The van der Waals surface area contributed by atoms with Crippen molar-refractivity contribution in [2.45, 2.75) is 19.4 Å². The minimum Gasteiger partial charge on any atom is -0.308 e. The smallest absolute Gasteiger partial charge is 0.235 e. The highest BCUT2D eigenvalue weighted by atomic mass is 16.2. The van der Waals surface area contributed by atoms with Gasteiger partial charge in [-0.2, -0.15) is 0 Å². The van der Waals surface area contributed by atoms with Crippen molar-refractivity contribution in [2.75, 3.05) is 34.2 Å². The highest BCUT2D eigenvalue weighted by Gasteiger charge is 2.12. The van der Waals surface area contributed by atoms with Crippen LogP contribution in [0.1, 0.15) is 13.3 Å². The number of hydrogen-bond donors (Lipinski definition) is 2. The van der Waals surface area contributed by atoms with Gasteiger partial charge in [-0.05, 0) is 28.1 Å². The summed E-state index contributed by atoms with van der Waals surface area (Å²) < 4.78 is 0. The van der Waals surface area contributed by atoms with Crippen LogP contribution >= 0.6 is 0 Å². The lowest BCUT2D eigenvalue weighted by atomic mass is 10.2. The molecule has 0 radical (unpaired) electrons. The molecule has 5 nitrogen and oxygen atoms in total. The van der Waals surface area contributed by atoms with Crippen molar-refractivity contribution in [3.63, 3.8) is 0 Å². The molecule has 0 aliphatic rings. The number of hydrazine groups is 1. The minimum absolute atomic E-state index is 0.116. The third-order valence-electron chi connectivity index (χ3n) is 2.29. The maximum absolute atomic E-state index is 11.0. The molecule has 0 aromatic heterocycles. The molecule has 0 saturated carbocycles. The monoisotopic (exact) mass is 202 g/mol. The van der Waals surface area contributed by atoms with Crippen LogP contribution in [0.25, 0.3) is 0 Å². The average Bonchev–Trinajstić information content (AvgIpc) is 2.13. The van der Waals surface area contributed by atoms with Crippen molar-refractivity contribution in [2.24, 2.45) is 5.84 Å². The minimum atomic E-state index is -0.116. The van der Waals surface area contributed by atoms with E-state index in [-0.39, 0.29) is 11.9 Å². The second kappa shape index (κ2) is 6.75. The van der Waals surface area contributed by atoms with E-state index in [0.29, 0.717) is 6.42 Å². The number of nitrogens with zero attached hydrogens (tertiary/aromatic N) is 2. The fourth-order valence-corrected chi connectivity index (χ4v) is 1.06. The number of carbonyl (C=O) groups is 1. The molecule has 0 aliphatic carbocycles. The summed E-state index contributed by atoms with van der Waals surface area (Å²) in [5.41, 5.74) is 2.14. The van der Waals surface area contributed by atoms with Gasteiger partial charge in [0, 0.05) is 25.6 Å². The summed E-state index contributed by atoms with van der Waals surface area (Å²) in [6.45, 7) is 3.96. The molecule has 0 aromatic rings. The summed E-state index contributed by atoms with van der Waals surface area (Å²) in [6, 6.07) is 0.221. The molecule has 3 N–H and O–H groups in total. The van der Waals surface area contributed by atoms with Gasteiger partial charge in [0.25, 0.3) is 0 Å². The van der Waals surface area contributed by atoms with Gasteiger partial charge in [-0.3, -0.25) is 10.2 Å². The molecular weight excluding hydrogens is 180 g/mol. The molecule has 0 bridgehead atoms. The Kier molecular flexibility index (Phi) is 6.44. The van der Waals surface area contributed by atoms with Crippen molar-refractivity contribution < 1.29 is 4.79 Å². The van der Waals surface area contributed by atoms with Crippen LogP contribution in [0.2, 0.25) is 0 Å². The van der Waals surface area contributed by atoms with Gasteiger partial charge >= 0.3 is 0 Å². The van der Waals surface area contributed by atoms with Gasteiger partial charge in [0.15, 0.2) is 0 Å². The van der Waals surface area contributed by atoms with Crippen LogP contribution in [0.15, 0.2) is 0 Å². The van der Waals surface area contributed by atoms with Crippen LogP contribution in [0.3, 0.4) is 0 Å². The van der Waals surface area contributed by atoms with Crippen LogP contribution in [-0.2, 0) is 4.79 Å². The predicted molar refractivity (Wildman–Crippen MR) is 57.6 cm³/mol. The van der Waals surface area contributed by atoms with Crippen molar-refractivity contribution in [3.05, 3.63) is 0 Å². The van der Waals surface area contributed by atoms with E-state index in [2.05, 4.69) is 15.2 Å². The van der Waals surface area contributed by atoms with Gasteiger partial charge < -0.3 is 9.80 Å². The van der Waals surface area contributed by atoms with Crippen molar-refractivity contribution in [3.8, 4) is 0 Å². The quantitative estimate of drug-likeness (QED) is 0.338. The van der Waals surface area contributed by atoms with Crippen LogP contribution in [0.5, 0.6) is 0 Å². The Morgan fingerprint density at radius 3 is 2.36 bits per heavy atom. The first-order valence-corrected chi connectivity index (χ1v) is 4.81. The molecule has 0 heterocycles. The van der Waals surface area contributed by atoms with Crippen LogP contribution < -0.4 is 11.3 Å². The highest BCUT2D eigenvalue weighted by molar-refractivity contribution is 5.75. The van der Waals surface area contributed by atoms with Gasteiger partial charge in [0.2, 0.25) is 5.91 Å². The standard InChI is InChI=1S/C9H22N4O/c1-8(7-9(14)11-10)13(4)6-5-12(2)3/h8H,5-7,10H2,1-4H3,(H,11,14). The molecule has 1 amide bonds. The maximum atomic E-state index is 11.0. The molecular formula is C9H22N4O. The van der Waals surface area contributed by atoms with Gasteiger partial charge in [-0.1, -0.05) is 0 Å². The first kappa shape index (κ1) is 13.4. The van der Waals surface area contributed by atoms with E-state index in [9.17, 15) is 4.79 Å². The van der Waals surface area contributed by atoms with E-state index in [1.54, 1.807) is 0 Å². The van der Waals surface area contributed by atoms with E-state index in [0.717, 1.165) is 13.1 Å². The average molecular weight is 202 g/mol. The molecule has 1 atom stereocenters. The van der Waals surface area contributed by atoms with E-state index in [1.165, 1.54) is 0 Å². The van der Waals surface area contributed by atoms with Crippen LogP contribution in [-0.4, -0.2) is 56.0 Å². The van der Waals surface area contributed by atoms with Crippen LogP contribution in [0.4, 0.5) is 0 Å². The van der Waals surface area contributed by atoms with E-state index in [4.69, 9.17) is 5.84 Å². The Bertz CT molecular complexity index is 172. The number of nitrogens with two attached hydrogens (primary N) is 1. The Hall–Kier alpha value is -0.650. The number of carbonyl (C=O) groups excluding carboxylic acids is 1. The van der Waals surface area contributed by atoms with Gasteiger partial charge in [-0.15, -0.1) is 0 Å². The molecule has 84 valence electrons. The fourth-order valence-electron chi connectivity index (χ4n) is 1.06. The highest BCUT2D eigenvalue weighted by Crippen LogP contribution is 2.00. The molecule has 0 spiro atoms. The molecule has 0 aromatic carbocycles. The zero-order chi connectivity index (χ0) is 11.1. The van der Waals surface area contributed by atoms with Crippen molar-refractivity contribution in [1.29, 1.82) is 0 Å². The number of amides is 1. The lowest BCUT2D eigenvalue weighted by Gasteiger charge is -2.25. The molecule has 0 fully saturated rings. The van der Waals surface area contributed by atoms with Gasteiger partial charge in [0.1, 0.15) is 0 Å². The topological polar surface area (TPSA) is 61.6 Å². The molecule has 0 saturated heterocycles. The van der Waals surface area contributed by atoms with E-state index in [1.807, 2.05) is 28.1 Å². The summed E-state index contributed by atoms with van der Waals surface area (Å²) in [6.07, 6.45) is 0.445. The number of nitrogens with one attached hydrogen (secondary N) is 1. The summed E-state index contributed by atoms with van der Waals surface area (Å²) in [5, 5.41) is 0. The maximum Gasteiger partial charge on any atom is 0.235 e. The SMILES string of the molecule is CC(CC(=O)NN)N(C)CCN(C)C. The van der Waals surface area contributed by atoms with Gasteiger partial charge in [0.05, 0.1) is 0 Å². The van der Waals surface area contributed by atoms with Crippen molar-refractivity contribution >= 4 is 5.91 Å². The Morgan fingerprint density at radius 1 is 1.36 bits per heavy atom. The van der Waals surface area contributed by atoms with Crippen LogP contribution in [0, 0.1) is 0 Å². The second-order valence-electron chi connectivity index (χ2n) is 3.90. The van der Waals surface area contributed by atoms with Crippen molar-refractivity contribution in [1.82, 2.24) is 15.2 Å². The lowest BCUT2D eigenvalue weighted by Crippen LogP contribution is -2.40. The molecule has 14 heavy (non-hydrogen) atoms. The Balaban J connectivity index is 3.75. The normalized spacial score (nSPS) is 13.4. The van der Waals surface area contributed by atoms with E-state index >= 15 is 0 Å². The zero-order valence-corrected chi connectivity index (χ0v) is 9.58. The lowest BCUT2D eigenvalue weighted by molar-refractivity contribution is -0.122. The summed E-state index contributed by atoms with van der Waals surface area (Å²) in [4.78, 5) is 15.3. The first-order chi connectivity index (χ1) is 6.47. The summed E-state index contributed by atoms with van der Waals surface area (Å²) in [7, 11) is 6.08. The summed E-state index contributed by atoms with van der Waals surface area (Å²) >= 11 is 0. The zero-order valence-electron chi connectivity index (χ0n) is 9.58. The van der Waals surface area contributed by atoms with Gasteiger partial charge in [-0.25, -0.2) is 5.84 Å². The number of rotatable bonds is 6. The second-order valence-corrected chi connectivity index (χ2v) is 3.90. The summed E-state index contributed by atoms with van der Waals surface area (Å²) in [5.74, 6) is 4.90. The molecule has 0 rings (SSSR count). The molecule has 5 heteroatoms. The third kappa shape index (κ3) is 5.90. The molecule has 0 aliphatic heterocycles. The van der Waals surface area contributed by atoms with E-state index < -0.39 is 0 Å². The molecule has 1 unspecified atom stereocenters. The third-order valence-corrected chi connectivity index (χ3v) is 2.29. The first-order valence-electron chi connectivity index (χ1n) is 4.81. The largest absolute Gasteiger partial charge is 0.308 e. The number of hydrogen-bond acceptors (Lipinski definition) is 4. The predicted octanol–water partition coefficient (Wildman–Crippen LogP) is -0.752. The fraction of sp³-hybridized carbons (Fsp3) is 0.889. The Labute approximate surface area is 86.2 Å². The number of likely N-dealkylation sites (N-methyl/N-ethyl adjacent to an activating group) is 2. The Morgan fingerprint density at radius 2 is 1.93 bits per heavy atom.